The number of nitrogens with zero attached hydrogens (tertiary/aromatic N) is 1. The van der Waals surface area contributed by atoms with Gasteiger partial charge in [-0.2, -0.15) is 0 Å². The average molecular weight is 347 g/mol. The van der Waals surface area contributed by atoms with Crippen molar-refractivity contribution < 1.29 is 13.2 Å². The van der Waals surface area contributed by atoms with Crippen LogP contribution in [-0.2, 0) is 15.6 Å². The zero-order chi connectivity index (χ0) is 17.4. The van der Waals surface area contributed by atoms with Crippen molar-refractivity contribution >= 4 is 15.9 Å². The molecule has 0 radical (unpaired) electrons. The molecule has 0 fully saturated rings. The topological polar surface area (TPSA) is 88.2 Å². The predicted molar refractivity (Wildman–Crippen MR) is 93.1 cm³/mol. The molecule has 128 valence electrons. The second-order valence-corrected chi connectivity index (χ2v) is 7.67. The molecular formula is C17H21N3O3S. The summed E-state index contributed by atoms with van der Waals surface area (Å²) in [7, 11) is -3.26. The van der Waals surface area contributed by atoms with Gasteiger partial charge in [-0.05, 0) is 24.1 Å². The van der Waals surface area contributed by atoms with Gasteiger partial charge in [-0.15, -0.1) is 0 Å². The summed E-state index contributed by atoms with van der Waals surface area (Å²) >= 11 is 0. The first-order valence-corrected chi connectivity index (χ1v) is 9.47. The summed E-state index contributed by atoms with van der Waals surface area (Å²) in [6.45, 7) is 1.91. The lowest BCUT2D eigenvalue weighted by molar-refractivity contribution is 0.238. The van der Waals surface area contributed by atoms with Crippen molar-refractivity contribution in [3.05, 3.63) is 66.0 Å². The summed E-state index contributed by atoms with van der Waals surface area (Å²) in [4.78, 5) is 15.8. The number of carbonyl (C=O) groups is 1. The van der Waals surface area contributed by atoms with E-state index < -0.39 is 15.9 Å². The third-order valence-corrected chi connectivity index (χ3v) is 5.06. The quantitative estimate of drug-likeness (QED) is 0.802. The van der Waals surface area contributed by atoms with Gasteiger partial charge in [-0.25, -0.2) is 13.2 Å². The van der Waals surface area contributed by atoms with Crippen LogP contribution in [0.1, 0.15) is 24.1 Å². The molecule has 2 N–H and O–H groups in total. The first-order valence-electron chi connectivity index (χ1n) is 7.65. The Morgan fingerprint density at radius 2 is 1.92 bits per heavy atom. The second kappa shape index (κ2) is 8.44. The van der Waals surface area contributed by atoms with Crippen molar-refractivity contribution in [2.45, 2.75) is 18.7 Å². The van der Waals surface area contributed by atoms with Crippen LogP contribution in [0.2, 0.25) is 0 Å². The molecule has 0 bridgehead atoms. The SMILES string of the molecule is C[C@H](NC(=O)NCCS(=O)(=O)Cc1ccccc1)c1cccnc1. The first kappa shape index (κ1) is 17.9. The lowest BCUT2D eigenvalue weighted by Gasteiger charge is -2.14. The van der Waals surface area contributed by atoms with E-state index in [-0.39, 0.29) is 24.1 Å². The van der Waals surface area contributed by atoms with Gasteiger partial charge in [0, 0.05) is 18.9 Å². The zero-order valence-electron chi connectivity index (χ0n) is 13.5. The molecule has 0 aliphatic heterocycles. The molecule has 0 saturated carbocycles. The highest BCUT2D eigenvalue weighted by Crippen LogP contribution is 2.09. The highest BCUT2D eigenvalue weighted by atomic mass is 32.2. The van der Waals surface area contributed by atoms with Crippen LogP contribution in [0.15, 0.2) is 54.9 Å². The van der Waals surface area contributed by atoms with E-state index in [1.807, 2.05) is 19.1 Å². The monoisotopic (exact) mass is 347 g/mol. The molecule has 2 aromatic rings. The molecule has 2 amide bonds. The molecule has 24 heavy (non-hydrogen) atoms. The van der Waals surface area contributed by atoms with Crippen molar-refractivity contribution in [3.63, 3.8) is 0 Å². The van der Waals surface area contributed by atoms with Crippen LogP contribution in [0, 0.1) is 0 Å². The van der Waals surface area contributed by atoms with Crippen molar-refractivity contribution in [1.29, 1.82) is 0 Å². The van der Waals surface area contributed by atoms with Crippen molar-refractivity contribution in [2.75, 3.05) is 12.3 Å². The van der Waals surface area contributed by atoms with E-state index in [0.717, 1.165) is 11.1 Å². The van der Waals surface area contributed by atoms with E-state index in [1.54, 1.807) is 42.7 Å². The Balaban J connectivity index is 1.76. The number of aromatic nitrogens is 1. The number of nitrogens with one attached hydrogen (secondary N) is 2. The van der Waals surface area contributed by atoms with E-state index in [4.69, 9.17) is 0 Å². The van der Waals surface area contributed by atoms with Crippen molar-refractivity contribution in [3.8, 4) is 0 Å². The summed E-state index contributed by atoms with van der Waals surface area (Å²) in [6.07, 6.45) is 3.34. The smallest absolute Gasteiger partial charge is 0.315 e. The van der Waals surface area contributed by atoms with Crippen LogP contribution in [0.5, 0.6) is 0 Å². The normalized spacial score (nSPS) is 12.4. The molecule has 2 rings (SSSR count). The van der Waals surface area contributed by atoms with E-state index >= 15 is 0 Å². The van der Waals surface area contributed by atoms with E-state index in [1.165, 1.54) is 0 Å². The maximum atomic E-state index is 12.0. The van der Waals surface area contributed by atoms with Gasteiger partial charge in [-0.3, -0.25) is 4.98 Å². The summed E-state index contributed by atoms with van der Waals surface area (Å²) in [5.74, 6) is -0.125. The van der Waals surface area contributed by atoms with Crippen LogP contribution in [0.4, 0.5) is 4.79 Å². The fourth-order valence-electron chi connectivity index (χ4n) is 2.18. The Kier molecular flexibility index (Phi) is 6.31. The first-order chi connectivity index (χ1) is 11.5. The van der Waals surface area contributed by atoms with Gasteiger partial charge in [0.15, 0.2) is 9.84 Å². The molecule has 0 aliphatic rings. The third kappa shape index (κ3) is 6.00. The molecule has 0 unspecified atom stereocenters. The molecule has 0 saturated heterocycles. The second-order valence-electron chi connectivity index (χ2n) is 5.49. The fourth-order valence-corrected chi connectivity index (χ4v) is 3.44. The van der Waals surface area contributed by atoms with Crippen LogP contribution < -0.4 is 10.6 Å². The molecular weight excluding hydrogens is 326 g/mol. The molecule has 1 aromatic carbocycles. The van der Waals surface area contributed by atoms with Gasteiger partial charge in [0.25, 0.3) is 0 Å². The standard InChI is InChI=1S/C17H21N3O3S/c1-14(16-8-5-9-18-12-16)20-17(21)19-10-11-24(22,23)13-15-6-3-2-4-7-15/h2-9,12,14H,10-11,13H2,1H3,(H2,19,20,21)/t14-/m0/s1. The Hall–Kier alpha value is -2.41. The number of hydrogen-bond donors (Lipinski definition) is 2. The minimum atomic E-state index is -3.26. The number of carbonyl (C=O) groups excluding carboxylic acids is 1. The van der Waals surface area contributed by atoms with Gasteiger partial charge >= 0.3 is 6.03 Å². The van der Waals surface area contributed by atoms with Crippen LogP contribution in [0.3, 0.4) is 0 Å². The summed E-state index contributed by atoms with van der Waals surface area (Å²) in [5.41, 5.74) is 1.62. The Labute approximate surface area is 142 Å². The largest absolute Gasteiger partial charge is 0.337 e. The Morgan fingerprint density at radius 1 is 1.17 bits per heavy atom. The Bertz CT molecular complexity index is 749. The fraction of sp³-hybridized carbons (Fsp3) is 0.294. The van der Waals surface area contributed by atoms with Crippen LogP contribution in [0.25, 0.3) is 0 Å². The molecule has 6 nitrogen and oxygen atoms in total. The molecule has 1 aromatic heterocycles. The number of hydrogen-bond acceptors (Lipinski definition) is 4. The van der Waals surface area contributed by atoms with E-state index in [9.17, 15) is 13.2 Å². The minimum Gasteiger partial charge on any atom is -0.337 e. The molecule has 7 heteroatoms. The maximum Gasteiger partial charge on any atom is 0.315 e. The molecule has 0 spiro atoms. The number of pyridine rings is 1. The molecule has 1 heterocycles. The number of benzene rings is 1. The van der Waals surface area contributed by atoms with Gasteiger partial charge in [-0.1, -0.05) is 36.4 Å². The van der Waals surface area contributed by atoms with Crippen molar-refractivity contribution in [1.82, 2.24) is 15.6 Å². The average Bonchev–Trinajstić information content (AvgIpc) is 2.56. The molecule has 0 aliphatic carbocycles. The summed E-state index contributed by atoms with van der Waals surface area (Å²) in [5, 5.41) is 5.32. The zero-order valence-corrected chi connectivity index (χ0v) is 14.3. The van der Waals surface area contributed by atoms with Crippen LogP contribution in [-0.4, -0.2) is 31.7 Å². The van der Waals surface area contributed by atoms with E-state index in [2.05, 4.69) is 15.6 Å². The summed E-state index contributed by atoms with van der Waals surface area (Å²) < 4.78 is 24.1. The van der Waals surface area contributed by atoms with Gasteiger partial charge < -0.3 is 10.6 Å². The number of rotatable bonds is 7. The number of urea groups is 1. The summed E-state index contributed by atoms with van der Waals surface area (Å²) in [6, 6.07) is 12.0. The van der Waals surface area contributed by atoms with E-state index in [0.29, 0.717) is 0 Å². The lowest BCUT2D eigenvalue weighted by Crippen LogP contribution is -2.39. The lowest BCUT2D eigenvalue weighted by atomic mass is 10.1. The highest BCUT2D eigenvalue weighted by Gasteiger charge is 2.13. The number of sulfone groups is 1. The predicted octanol–water partition coefficient (Wildman–Crippen LogP) is 2.06. The van der Waals surface area contributed by atoms with Crippen molar-refractivity contribution in [2.24, 2.45) is 0 Å². The Morgan fingerprint density at radius 3 is 2.58 bits per heavy atom. The van der Waals surface area contributed by atoms with Gasteiger partial charge in [0.05, 0.1) is 17.5 Å². The highest BCUT2D eigenvalue weighted by molar-refractivity contribution is 7.90. The number of amides is 2. The van der Waals surface area contributed by atoms with Gasteiger partial charge in [0.1, 0.15) is 0 Å². The van der Waals surface area contributed by atoms with Gasteiger partial charge in [0.2, 0.25) is 0 Å². The van der Waals surface area contributed by atoms with Crippen LogP contribution >= 0.6 is 0 Å². The molecule has 1 atom stereocenters. The third-order valence-electron chi connectivity index (χ3n) is 3.46. The minimum absolute atomic E-state index is 0.0246. The maximum absolute atomic E-state index is 12.0.